The second kappa shape index (κ2) is 8.63. The summed E-state index contributed by atoms with van der Waals surface area (Å²) >= 11 is 0. The molecule has 0 fully saturated rings. The van der Waals surface area contributed by atoms with Crippen molar-refractivity contribution in [1.29, 1.82) is 0 Å². The van der Waals surface area contributed by atoms with Crippen LogP contribution in [0.2, 0.25) is 0 Å². The Balaban J connectivity index is 1.64. The van der Waals surface area contributed by atoms with E-state index in [1.165, 1.54) is 27.7 Å². The minimum absolute atomic E-state index is 0.00298. The van der Waals surface area contributed by atoms with Gasteiger partial charge in [-0.15, -0.1) is 0 Å². The van der Waals surface area contributed by atoms with Crippen molar-refractivity contribution < 1.29 is 38.7 Å². The summed E-state index contributed by atoms with van der Waals surface area (Å²) < 4.78 is 10.6. The summed E-state index contributed by atoms with van der Waals surface area (Å²) in [5.41, 5.74) is -1.92. The molecular formula is C24H24N4O8. The largest absolute Gasteiger partial charge is 0.507 e. The molecule has 2 aromatic rings. The van der Waals surface area contributed by atoms with Crippen LogP contribution >= 0.6 is 0 Å². The molecule has 2 heterocycles. The number of hydrogen-bond acceptors (Lipinski definition) is 11. The highest BCUT2D eigenvalue weighted by atomic mass is 16.5. The van der Waals surface area contributed by atoms with Gasteiger partial charge in [0.2, 0.25) is 11.8 Å². The summed E-state index contributed by atoms with van der Waals surface area (Å²) in [6, 6.07) is 0. The van der Waals surface area contributed by atoms with E-state index in [-0.39, 0.29) is 58.4 Å². The number of phenols is 2. The molecule has 0 radical (unpaired) electrons. The Morgan fingerprint density at radius 1 is 1.11 bits per heavy atom. The van der Waals surface area contributed by atoms with E-state index in [4.69, 9.17) is 9.26 Å². The molecular weight excluding hydrogens is 472 g/mol. The molecule has 0 saturated carbocycles. The lowest BCUT2D eigenvalue weighted by atomic mass is 9.70. The predicted octanol–water partition coefficient (Wildman–Crippen LogP) is 1.17. The van der Waals surface area contributed by atoms with Crippen molar-refractivity contribution in [2.45, 2.75) is 46.6 Å². The van der Waals surface area contributed by atoms with Crippen molar-refractivity contribution in [3.8, 4) is 17.2 Å². The molecule has 1 unspecified atom stereocenters. The van der Waals surface area contributed by atoms with Gasteiger partial charge in [0.25, 0.3) is 0 Å². The number of hydrogen-bond donors (Lipinski definition) is 4. The average molecular weight is 496 g/mol. The average Bonchev–Trinajstić information content (AvgIpc) is 3.35. The van der Waals surface area contributed by atoms with E-state index in [2.05, 4.69) is 20.8 Å². The van der Waals surface area contributed by atoms with Crippen molar-refractivity contribution >= 4 is 23.3 Å². The number of benzene rings is 1. The maximum absolute atomic E-state index is 13.7. The van der Waals surface area contributed by atoms with E-state index in [1.807, 2.05) is 0 Å². The van der Waals surface area contributed by atoms with Crippen LogP contribution in [0, 0.1) is 13.8 Å². The van der Waals surface area contributed by atoms with Crippen LogP contribution in [0.3, 0.4) is 0 Å². The van der Waals surface area contributed by atoms with Gasteiger partial charge in [0.15, 0.2) is 23.2 Å². The van der Waals surface area contributed by atoms with Crippen molar-refractivity contribution in [2.24, 2.45) is 0 Å². The smallest absolute Gasteiger partial charge is 0.246 e. The van der Waals surface area contributed by atoms with Crippen LogP contribution in [0.4, 0.5) is 0 Å². The molecule has 0 bridgehead atoms. The molecule has 1 aliphatic carbocycles. The first kappa shape index (κ1) is 24.6. The number of amides is 1. The Labute approximate surface area is 205 Å². The fourth-order valence-corrected chi connectivity index (χ4v) is 4.31. The minimum Gasteiger partial charge on any atom is -0.507 e. The van der Waals surface area contributed by atoms with Crippen LogP contribution in [0.1, 0.15) is 54.0 Å². The number of nitrogens with one attached hydrogen (secondary N) is 2. The number of allylic oxidation sites excluding steroid dienone is 4. The standard InChI is InChI=1S/C24H24N4O8/c1-9-20(32)18(11(3)29)22-19(21(9)33)24(5)14(35-22)6-13(30)17(23(24)34)10(2)25-7-15(31)26-8-16-27-12(4)28-36-16/h6,25,32-33H,7-8H2,1-5H3,(H,26,31). The number of carbonyl (C=O) groups is 4. The number of carbonyl (C=O) groups excluding carboxylic acids is 4. The summed E-state index contributed by atoms with van der Waals surface area (Å²) in [4.78, 5) is 55.0. The fourth-order valence-electron chi connectivity index (χ4n) is 4.31. The molecule has 2 aliphatic rings. The Kier molecular flexibility index (Phi) is 5.91. The topological polar surface area (TPSA) is 181 Å². The summed E-state index contributed by atoms with van der Waals surface area (Å²) in [5.74, 6) is -2.81. The first-order valence-electron chi connectivity index (χ1n) is 11.0. The third kappa shape index (κ3) is 3.70. The van der Waals surface area contributed by atoms with E-state index in [9.17, 15) is 29.4 Å². The van der Waals surface area contributed by atoms with Crippen LogP contribution in [0.25, 0.3) is 0 Å². The van der Waals surface area contributed by atoms with Crippen LogP contribution < -0.4 is 15.4 Å². The number of aromatic nitrogens is 2. The number of phenolic OH excluding ortho intramolecular Hbond substituents is 2. The fraction of sp³-hybridized carbons (Fsp3) is 0.333. The number of ketones is 3. The molecule has 0 spiro atoms. The Hall–Kier alpha value is -4.48. The van der Waals surface area contributed by atoms with Gasteiger partial charge < -0.3 is 30.1 Å². The zero-order chi connectivity index (χ0) is 26.5. The highest BCUT2D eigenvalue weighted by molar-refractivity contribution is 6.31. The van der Waals surface area contributed by atoms with Crippen molar-refractivity contribution in [1.82, 2.24) is 20.8 Å². The first-order chi connectivity index (χ1) is 16.9. The lowest BCUT2D eigenvalue weighted by Gasteiger charge is -2.29. The number of aromatic hydroxyl groups is 2. The summed E-state index contributed by atoms with van der Waals surface area (Å²) in [5, 5.41) is 30.2. The number of rotatable bonds is 6. The van der Waals surface area contributed by atoms with Crippen LogP contribution in [0.15, 0.2) is 27.6 Å². The molecule has 1 atom stereocenters. The van der Waals surface area contributed by atoms with Crippen LogP contribution in [-0.4, -0.2) is 50.2 Å². The Morgan fingerprint density at radius 3 is 2.42 bits per heavy atom. The molecule has 0 saturated heterocycles. The lowest BCUT2D eigenvalue weighted by Crippen LogP contribution is -2.42. The second-order valence-electron chi connectivity index (χ2n) is 8.75. The molecule has 12 heteroatoms. The molecule has 188 valence electrons. The second-order valence-corrected chi connectivity index (χ2v) is 8.75. The van der Waals surface area contributed by atoms with Crippen molar-refractivity contribution in [2.75, 3.05) is 6.54 Å². The van der Waals surface area contributed by atoms with Gasteiger partial charge in [-0.25, -0.2) is 0 Å². The van der Waals surface area contributed by atoms with Gasteiger partial charge in [0, 0.05) is 17.3 Å². The zero-order valence-electron chi connectivity index (χ0n) is 20.2. The molecule has 1 aromatic carbocycles. The maximum Gasteiger partial charge on any atom is 0.246 e. The van der Waals surface area contributed by atoms with Crippen LogP contribution in [0.5, 0.6) is 17.2 Å². The quantitative estimate of drug-likeness (QED) is 0.256. The molecule has 1 aromatic heterocycles. The van der Waals surface area contributed by atoms with E-state index in [0.717, 1.165) is 6.08 Å². The van der Waals surface area contributed by atoms with Gasteiger partial charge in [-0.2, -0.15) is 4.98 Å². The normalized spacial score (nSPS) is 19.8. The third-order valence-corrected chi connectivity index (χ3v) is 6.28. The monoisotopic (exact) mass is 496 g/mol. The Morgan fingerprint density at radius 2 is 1.81 bits per heavy atom. The van der Waals surface area contributed by atoms with E-state index in [1.54, 1.807) is 6.92 Å². The highest BCUT2D eigenvalue weighted by Crippen LogP contribution is 2.57. The molecule has 12 nitrogen and oxygen atoms in total. The number of ether oxygens (including phenoxy) is 1. The molecule has 4 N–H and O–H groups in total. The zero-order valence-corrected chi connectivity index (χ0v) is 20.2. The minimum atomic E-state index is -1.63. The predicted molar refractivity (Wildman–Crippen MR) is 122 cm³/mol. The highest BCUT2D eigenvalue weighted by Gasteiger charge is 2.56. The van der Waals surface area contributed by atoms with E-state index < -0.39 is 40.2 Å². The van der Waals surface area contributed by atoms with Gasteiger partial charge >= 0.3 is 0 Å². The number of nitrogens with zero attached hydrogens (tertiary/aromatic N) is 2. The lowest BCUT2D eigenvalue weighted by molar-refractivity contribution is -0.124. The van der Waals surface area contributed by atoms with Gasteiger partial charge in [-0.3, -0.25) is 19.2 Å². The SMILES string of the molecule is CC(=O)c1c(O)c(C)c(O)c2c1OC1=CC(=O)C(=C(C)NCC(=O)NCc3nc(C)no3)C(=O)C12C. The number of Topliss-reactive ketones (excluding diaryl/α,β-unsaturated/α-hetero) is 2. The van der Waals surface area contributed by atoms with Crippen molar-refractivity contribution in [3.05, 3.63) is 51.5 Å². The maximum atomic E-state index is 13.7. The van der Waals surface area contributed by atoms with Crippen molar-refractivity contribution in [3.63, 3.8) is 0 Å². The molecule has 1 aliphatic heterocycles. The van der Waals surface area contributed by atoms with Crippen LogP contribution in [-0.2, 0) is 26.3 Å². The summed E-state index contributed by atoms with van der Waals surface area (Å²) in [7, 11) is 0. The van der Waals surface area contributed by atoms with Gasteiger partial charge in [-0.1, -0.05) is 5.16 Å². The summed E-state index contributed by atoms with van der Waals surface area (Å²) in [6.07, 6.45) is 1.11. The first-order valence-corrected chi connectivity index (χ1v) is 11.0. The third-order valence-electron chi connectivity index (χ3n) is 6.28. The molecule has 36 heavy (non-hydrogen) atoms. The van der Waals surface area contributed by atoms with Gasteiger partial charge in [0.05, 0.1) is 24.2 Å². The van der Waals surface area contributed by atoms with Gasteiger partial charge in [-0.05, 0) is 34.6 Å². The summed E-state index contributed by atoms with van der Waals surface area (Å²) in [6.45, 7) is 6.95. The molecule has 4 rings (SSSR count). The number of fused-ring (bicyclic) bond motifs is 3. The Bertz CT molecular complexity index is 1420. The van der Waals surface area contributed by atoms with E-state index >= 15 is 0 Å². The number of aryl methyl sites for hydroxylation is 1. The van der Waals surface area contributed by atoms with Gasteiger partial charge in [0.1, 0.15) is 34.0 Å². The molecule has 1 amide bonds. The van der Waals surface area contributed by atoms with E-state index in [0.29, 0.717) is 5.82 Å².